The molecule has 1 aliphatic heterocycles. The summed E-state index contributed by atoms with van der Waals surface area (Å²) in [5.74, 6) is -0.453. The number of rotatable bonds is 5. The number of aryl methyl sites for hydroxylation is 1. The van der Waals surface area contributed by atoms with E-state index in [0.717, 1.165) is 5.56 Å². The molecule has 0 saturated heterocycles. The molecule has 3 heterocycles. The van der Waals surface area contributed by atoms with Gasteiger partial charge in [0.15, 0.2) is 5.78 Å². The molecule has 154 valence electrons. The van der Waals surface area contributed by atoms with Crippen molar-refractivity contribution < 1.29 is 14.4 Å². The number of aromatic nitrogens is 5. The third-order valence-electron chi connectivity index (χ3n) is 4.95. The van der Waals surface area contributed by atoms with E-state index in [4.69, 9.17) is 0 Å². The number of hydrogen-bond donors (Lipinski definition) is 1. The zero-order valence-electron chi connectivity index (χ0n) is 16.6. The van der Waals surface area contributed by atoms with Crippen LogP contribution in [0.25, 0.3) is 0 Å². The number of nitrogens with zero attached hydrogens (tertiary/aromatic N) is 6. The summed E-state index contributed by atoms with van der Waals surface area (Å²) >= 11 is 0. The highest BCUT2D eigenvalue weighted by atomic mass is 16.2. The van der Waals surface area contributed by atoms with E-state index in [1.54, 1.807) is 22.5 Å². The molecule has 1 aromatic carbocycles. The van der Waals surface area contributed by atoms with Crippen LogP contribution in [0, 0.1) is 0 Å². The maximum atomic E-state index is 12.8. The van der Waals surface area contributed by atoms with E-state index in [9.17, 15) is 14.4 Å². The Kier molecular flexibility index (Phi) is 5.13. The highest BCUT2D eigenvalue weighted by Crippen LogP contribution is 2.21. The predicted octanol–water partition coefficient (Wildman–Crippen LogP) is 0.891. The molecule has 1 unspecified atom stereocenters. The van der Waals surface area contributed by atoms with Crippen LogP contribution in [0.2, 0.25) is 0 Å². The van der Waals surface area contributed by atoms with Crippen molar-refractivity contribution in [1.82, 2.24) is 29.9 Å². The van der Waals surface area contributed by atoms with Gasteiger partial charge in [-0.2, -0.15) is 5.10 Å². The SMILES string of the molecule is CC(=O)c1cc2n(n1)CCC(NC(=O)c1ncn(Cc3ccccc3)n1)C(=O)N2C. The first-order chi connectivity index (χ1) is 14.4. The fourth-order valence-electron chi connectivity index (χ4n) is 3.34. The molecule has 1 aliphatic rings. The molecule has 0 saturated carbocycles. The molecule has 0 radical (unpaired) electrons. The summed E-state index contributed by atoms with van der Waals surface area (Å²) in [4.78, 5) is 42.5. The standard InChI is InChI=1S/C20H21N7O3/c1-13(28)16-10-17-25(2)20(30)15(8-9-27(17)23-16)22-19(29)18-21-12-26(24-18)11-14-6-4-3-5-7-14/h3-7,10,12,15H,8-9,11H2,1-2H3,(H,22,29). The first kappa shape index (κ1) is 19.5. The Balaban J connectivity index is 1.44. The number of anilines is 1. The summed E-state index contributed by atoms with van der Waals surface area (Å²) in [6, 6.07) is 10.5. The molecule has 0 bridgehead atoms. The maximum Gasteiger partial charge on any atom is 0.291 e. The summed E-state index contributed by atoms with van der Waals surface area (Å²) in [6.45, 7) is 2.31. The number of ketones is 1. The largest absolute Gasteiger partial charge is 0.337 e. The minimum Gasteiger partial charge on any atom is -0.337 e. The molecule has 0 aliphatic carbocycles. The number of benzene rings is 1. The van der Waals surface area contributed by atoms with E-state index >= 15 is 0 Å². The third-order valence-corrected chi connectivity index (χ3v) is 4.95. The van der Waals surface area contributed by atoms with Gasteiger partial charge < -0.3 is 5.32 Å². The molecule has 30 heavy (non-hydrogen) atoms. The highest BCUT2D eigenvalue weighted by molar-refractivity contribution is 6.01. The van der Waals surface area contributed by atoms with Crippen LogP contribution < -0.4 is 10.2 Å². The van der Waals surface area contributed by atoms with Gasteiger partial charge in [0.1, 0.15) is 23.9 Å². The smallest absolute Gasteiger partial charge is 0.291 e. The second kappa shape index (κ2) is 7.90. The van der Waals surface area contributed by atoms with Gasteiger partial charge in [-0.25, -0.2) is 14.3 Å². The molecule has 10 nitrogen and oxygen atoms in total. The molecule has 1 N–H and O–H groups in total. The number of Topliss-reactive ketones (excluding diaryl/α,β-unsaturated/α-hetero) is 1. The fourth-order valence-corrected chi connectivity index (χ4v) is 3.34. The lowest BCUT2D eigenvalue weighted by Crippen LogP contribution is -2.47. The number of carbonyl (C=O) groups is 3. The van der Waals surface area contributed by atoms with Crippen LogP contribution in [-0.2, 0) is 17.9 Å². The molecule has 10 heteroatoms. The van der Waals surface area contributed by atoms with Crippen LogP contribution in [0.5, 0.6) is 0 Å². The first-order valence-electron chi connectivity index (χ1n) is 9.53. The molecule has 4 rings (SSSR count). The number of likely N-dealkylation sites (N-methyl/N-ethyl adjacent to an activating group) is 1. The van der Waals surface area contributed by atoms with Crippen LogP contribution in [0.1, 0.15) is 40.0 Å². The van der Waals surface area contributed by atoms with Gasteiger partial charge in [-0.1, -0.05) is 30.3 Å². The molecular formula is C20H21N7O3. The van der Waals surface area contributed by atoms with Crippen LogP contribution in [0.3, 0.4) is 0 Å². The molecule has 0 fully saturated rings. The van der Waals surface area contributed by atoms with Crippen LogP contribution in [-0.4, -0.2) is 55.2 Å². The Morgan fingerprint density at radius 1 is 1.20 bits per heavy atom. The Hall–Kier alpha value is -3.82. The van der Waals surface area contributed by atoms with Crippen molar-refractivity contribution in [2.45, 2.75) is 32.5 Å². The minimum atomic E-state index is -0.744. The quantitative estimate of drug-likeness (QED) is 0.628. The van der Waals surface area contributed by atoms with Crippen molar-refractivity contribution in [3.63, 3.8) is 0 Å². The van der Waals surface area contributed by atoms with E-state index in [1.807, 2.05) is 30.3 Å². The van der Waals surface area contributed by atoms with Crippen molar-refractivity contribution in [3.05, 3.63) is 59.8 Å². The predicted molar refractivity (Wildman–Crippen MR) is 107 cm³/mol. The molecule has 1 atom stereocenters. The van der Waals surface area contributed by atoms with Crippen molar-refractivity contribution in [1.29, 1.82) is 0 Å². The second-order valence-corrected chi connectivity index (χ2v) is 7.13. The van der Waals surface area contributed by atoms with Gasteiger partial charge in [0.2, 0.25) is 5.82 Å². The Morgan fingerprint density at radius 3 is 2.70 bits per heavy atom. The summed E-state index contributed by atoms with van der Waals surface area (Å²) in [5.41, 5.74) is 1.34. The van der Waals surface area contributed by atoms with Crippen molar-refractivity contribution >= 4 is 23.4 Å². The zero-order chi connectivity index (χ0) is 21.3. The van der Waals surface area contributed by atoms with E-state index in [-0.39, 0.29) is 17.5 Å². The maximum absolute atomic E-state index is 12.8. The molecule has 2 amide bonds. The van der Waals surface area contributed by atoms with Gasteiger partial charge in [0, 0.05) is 26.6 Å². The summed E-state index contributed by atoms with van der Waals surface area (Å²) in [6.07, 6.45) is 1.83. The Morgan fingerprint density at radius 2 is 1.97 bits per heavy atom. The fraction of sp³-hybridized carbons (Fsp3) is 0.300. The van der Waals surface area contributed by atoms with Gasteiger partial charge >= 0.3 is 0 Å². The minimum absolute atomic E-state index is 0.00207. The lowest BCUT2D eigenvalue weighted by atomic mass is 10.2. The topological polar surface area (TPSA) is 115 Å². The number of amides is 2. The van der Waals surface area contributed by atoms with Gasteiger partial charge in [0.25, 0.3) is 11.8 Å². The molecule has 0 spiro atoms. The number of carbonyl (C=O) groups excluding carboxylic acids is 3. The number of nitrogens with one attached hydrogen (secondary N) is 1. The third kappa shape index (κ3) is 3.84. The van der Waals surface area contributed by atoms with Crippen LogP contribution in [0.4, 0.5) is 5.82 Å². The van der Waals surface area contributed by atoms with Crippen LogP contribution in [0.15, 0.2) is 42.7 Å². The van der Waals surface area contributed by atoms with Crippen molar-refractivity contribution in [2.75, 3.05) is 11.9 Å². The average molecular weight is 407 g/mol. The van der Waals surface area contributed by atoms with Gasteiger partial charge in [-0.05, 0) is 12.0 Å². The lowest BCUT2D eigenvalue weighted by molar-refractivity contribution is -0.120. The zero-order valence-corrected chi connectivity index (χ0v) is 16.6. The number of fused-ring (bicyclic) bond motifs is 1. The van der Waals surface area contributed by atoms with Gasteiger partial charge in [-0.3, -0.25) is 19.3 Å². The van der Waals surface area contributed by atoms with Gasteiger partial charge in [-0.15, -0.1) is 5.10 Å². The average Bonchev–Trinajstić information content (AvgIpc) is 3.36. The normalized spacial score (nSPS) is 16.1. The van der Waals surface area contributed by atoms with E-state index in [2.05, 4.69) is 20.5 Å². The summed E-state index contributed by atoms with van der Waals surface area (Å²) in [7, 11) is 1.59. The Bertz CT molecular complexity index is 1100. The first-order valence-corrected chi connectivity index (χ1v) is 9.53. The van der Waals surface area contributed by atoms with Crippen molar-refractivity contribution in [3.8, 4) is 0 Å². The van der Waals surface area contributed by atoms with Crippen LogP contribution >= 0.6 is 0 Å². The monoisotopic (exact) mass is 407 g/mol. The molecular weight excluding hydrogens is 386 g/mol. The number of hydrogen-bond acceptors (Lipinski definition) is 6. The second-order valence-electron chi connectivity index (χ2n) is 7.13. The molecule has 2 aromatic heterocycles. The van der Waals surface area contributed by atoms with E-state index in [0.29, 0.717) is 31.0 Å². The van der Waals surface area contributed by atoms with Crippen molar-refractivity contribution in [2.24, 2.45) is 0 Å². The van der Waals surface area contributed by atoms with E-state index < -0.39 is 11.9 Å². The highest BCUT2D eigenvalue weighted by Gasteiger charge is 2.31. The van der Waals surface area contributed by atoms with E-state index in [1.165, 1.54) is 18.2 Å². The molecule has 3 aromatic rings. The summed E-state index contributed by atoms with van der Waals surface area (Å²) in [5, 5.41) is 11.2. The van der Waals surface area contributed by atoms with Gasteiger partial charge in [0.05, 0.1) is 6.54 Å². The Labute approximate surface area is 172 Å². The summed E-state index contributed by atoms with van der Waals surface area (Å²) < 4.78 is 3.18. The lowest BCUT2D eigenvalue weighted by Gasteiger charge is -2.19.